The van der Waals surface area contributed by atoms with Crippen LogP contribution in [0.3, 0.4) is 0 Å². The summed E-state index contributed by atoms with van der Waals surface area (Å²) in [6.45, 7) is 0. The fraction of sp³-hybridized carbons (Fsp3) is 0. The van der Waals surface area contributed by atoms with Crippen molar-refractivity contribution in [3.8, 4) is 0 Å². The lowest BCUT2D eigenvalue weighted by Gasteiger charge is -1.93. The van der Waals surface area contributed by atoms with Gasteiger partial charge in [0.1, 0.15) is 0 Å². The normalized spacial score (nSPS) is 18.0. The Morgan fingerprint density at radius 2 is 1.74 bits per heavy atom. The third kappa shape index (κ3) is 4.31. The van der Waals surface area contributed by atoms with Gasteiger partial charge in [-0.2, -0.15) is 5.10 Å². The van der Waals surface area contributed by atoms with Crippen LogP contribution in [0.25, 0.3) is 6.08 Å². The number of carbonyl (C=O) groups excluding carboxylic acids is 1. The van der Waals surface area contributed by atoms with E-state index in [-0.39, 0.29) is 5.91 Å². The average Bonchev–Trinajstić information content (AvgIpc) is 2.90. The lowest BCUT2D eigenvalue weighted by atomic mass is 10.2. The predicted octanol–water partition coefficient (Wildman–Crippen LogP) is 3.93. The zero-order valence-corrected chi connectivity index (χ0v) is 13.5. The standard InChI is InChI=1S/C17H12ClN3OS/c18-14-8-6-13(7-9-14)11-19-21-17-20-16(22)15(23-17)10-12-4-2-1-3-5-12/h1-11H,(H,20,21,22)/b15-10-,19-11-. The first-order valence-corrected chi connectivity index (χ1v) is 8.03. The molecule has 1 fully saturated rings. The number of thioether (sulfide) groups is 1. The van der Waals surface area contributed by atoms with Crippen molar-refractivity contribution in [3.63, 3.8) is 0 Å². The van der Waals surface area contributed by atoms with Crippen LogP contribution in [-0.2, 0) is 4.79 Å². The minimum Gasteiger partial charge on any atom is -0.299 e. The number of amidine groups is 1. The highest BCUT2D eigenvalue weighted by molar-refractivity contribution is 8.18. The lowest BCUT2D eigenvalue weighted by molar-refractivity contribution is -0.115. The van der Waals surface area contributed by atoms with Crippen LogP contribution in [-0.4, -0.2) is 17.3 Å². The molecular formula is C17H12ClN3OS. The Morgan fingerprint density at radius 1 is 1.00 bits per heavy atom. The first-order chi connectivity index (χ1) is 11.2. The largest absolute Gasteiger partial charge is 0.299 e. The van der Waals surface area contributed by atoms with Gasteiger partial charge in [-0.25, -0.2) is 0 Å². The van der Waals surface area contributed by atoms with Gasteiger partial charge in [-0.15, -0.1) is 5.10 Å². The average molecular weight is 342 g/mol. The first-order valence-electron chi connectivity index (χ1n) is 6.83. The van der Waals surface area contributed by atoms with Crippen molar-refractivity contribution in [2.45, 2.75) is 0 Å². The number of nitrogens with zero attached hydrogens (tertiary/aromatic N) is 2. The SMILES string of the molecule is O=C1N/C(=N\N=C/c2ccc(Cl)cc2)S/C1=C\c1ccccc1. The van der Waals surface area contributed by atoms with Crippen molar-refractivity contribution in [2.75, 3.05) is 0 Å². The highest BCUT2D eigenvalue weighted by Crippen LogP contribution is 2.25. The highest BCUT2D eigenvalue weighted by Gasteiger charge is 2.23. The van der Waals surface area contributed by atoms with Gasteiger partial charge in [0.05, 0.1) is 11.1 Å². The summed E-state index contributed by atoms with van der Waals surface area (Å²) >= 11 is 7.09. The van der Waals surface area contributed by atoms with E-state index in [4.69, 9.17) is 11.6 Å². The van der Waals surface area contributed by atoms with Gasteiger partial charge in [-0.05, 0) is 41.1 Å². The highest BCUT2D eigenvalue weighted by atomic mass is 35.5. The van der Waals surface area contributed by atoms with Crippen LogP contribution < -0.4 is 5.32 Å². The molecule has 0 spiro atoms. The molecule has 0 unspecified atom stereocenters. The Kier molecular flexibility index (Phi) is 4.90. The van der Waals surface area contributed by atoms with Gasteiger partial charge in [-0.1, -0.05) is 54.1 Å². The molecule has 0 radical (unpaired) electrons. The smallest absolute Gasteiger partial charge is 0.264 e. The Labute approximate surface area is 143 Å². The monoisotopic (exact) mass is 341 g/mol. The summed E-state index contributed by atoms with van der Waals surface area (Å²) in [7, 11) is 0. The second-order valence-electron chi connectivity index (χ2n) is 4.68. The Balaban J connectivity index is 1.69. The molecule has 1 aliphatic rings. The van der Waals surface area contributed by atoms with Gasteiger partial charge in [0.15, 0.2) is 5.17 Å². The molecule has 1 N–H and O–H groups in total. The van der Waals surface area contributed by atoms with Crippen molar-refractivity contribution in [1.82, 2.24) is 5.32 Å². The number of benzene rings is 2. The maximum atomic E-state index is 11.9. The van der Waals surface area contributed by atoms with Crippen molar-refractivity contribution < 1.29 is 4.79 Å². The number of halogens is 1. The first kappa shape index (κ1) is 15.5. The fourth-order valence-corrected chi connectivity index (χ4v) is 2.78. The fourth-order valence-electron chi connectivity index (χ4n) is 1.87. The third-order valence-corrected chi connectivity index (χ3v) is 4.13. The molecule has 2 aromatic carbocycles. The Morgan fingerprint density at radius 3 is 2.48 bits per heavy atom. The molecule has 2 aromatic rings. The molecule has 1 aliphatic heterocycles. The molecule has 6 heteroatoms. The minimum absolute atomic E-state index is 0.167. The van der Waals surface area contributed by atoms with Gasteiger partial charge < -0.3 is 0 Å². The number of rotatable bonds is 3. The molecule has 1 saturated heterocycles. The summed E-state index contributed by atoms with van der Waals surface area (Å²) in [4.78, 5) is 12.5. The molecular weight excluding hydrogens is 330 g/mol. The van der Waals surface area contributed by atoms with Crippen LogP contribution in [0.5, 0.6) is 0 Å². The molecule has 0 bridgehead atoms. The predicted molar refractivity (Wildman–Crippen MR) is 96.6 cm³/mol. The second-order valence-corrected chi connectivity index (χ2v) is 6.14. The molecule has 1 amide bonds. The molecule has 3 rings (SSSR count). The molecule has 114 valence electrons. The second kappa shape index (κ2) is 7.26. The summed E-state index contributed by atoms with van der Waals surface area (Å²) in [6, 6.07) is 16.9. The zero-order valence-electron chi connectivity index (χ0n) is 11.9. The third-order valence-electron chi connectivity index (χ3n) is 2.97. The lowest BCUT2D eigenvalue weighted by Crippen LogP contribution is -2.19. The summed E-state index contributed by atoms with van der Waals surface area (Å²) in [5, 5.41) is 11.8. The van der Waals surface area contributed by atoms with E-state index in [1.54, 1.807) is 18.3 Å². The Hall–Kier alpha value is -2.37. The summed E-state index contributed by atoms with van der Waals surface area (Å²) < 4.78 is 0. The van der Waals surface area contributed by atoms with Crippen molar-refractivity contribution in [1.29, 1.82) is 0 Å². The quantitative estimate of drug-likeness (QED) is 0.522. The number of amides is 1. The topological polar surface area (TPSA) is 53.8 Å². The summed E-state index contributed by atoms with van der Waals surface area (Å²) in [6.07, 6.45) is 3.43. The van der Waals surface area contributed by atoms with Crippen LogP contribution in [0, 0.1) is 0 Å². The molecule has 1 heterocycles. The van der Waals surface area contributed by atoms with E-state index in [0.717, 1.165) is 11.1 Å². The minimum atomic E-state index is -0.167. The van der Waals surface area contributed by atoms with Crippen LogP contribution in [0.2, 0.25) is 5.02 Å². The van der Waals surface area contributed by atoms with Crippen molar-refractivity contribution >= 4 is 46.7 Å². The van der Waals surface area contributed by atoms with Crippen molar-refractivity contribution in [3.05, 3.63) is 75.7 Å². The molecule has 0 saturated carbocycles. The van der Waals surface area contributed by atoms with E-state index >= 15 is 0 Å². The van der Waals surface area contributed by atoms with E-state index < -0.39 is 0 Å². The van der Waals surface area contributed by atoms with Crippen molar-refractivity contribution in [2.24, 2.45) is 10.2 Å². The molecule has 4 nitrogen and oxygen atoms in total. The molecule has 0 atom stereocenters. The molecule has 0 aromatic heterocycles. The number of hydrogen-bond donors (Lipinski definition) is 1. The van der Waals surface area contributed by atoms with Gasteiger partial charge in [-0.3, -0.25) is 10.1 Å². The van der Waals surface area contributed by atoms with Gasteiger partial charge in [0, 0.05) is 5.02 Å². The van der Waals surface area contributed by atoms with E-state index in [1.807, 2.05) is 48.5 Å². The number of hydrogen-bond acceptors (Lipinski definition) is 4. The maximum Gasteiger partial charge on any atom is 0.264 e. The van der Waals surface area contributed by atoms with Crippen LogP contribution in [0.1, 0.15) is 11.1 Å². The van der Waals surface area contributed by atoms with Gasteiger partial charge >= 0.3 is 0 Å². The number of nitrogens with one attached hydrogen (secondary N) is 1. The van der Waals surface area contributed by atoms with Gasteiger partial charge in [0.25, 0.3) is 5.91 Å². The maximum absolute atomic E-state index is 11.9. The van der Waals surface area contributed by atoms with E-state index in [2.05, 4.69) is 15.5 Å². The Bertz CT molecular complexity index is 798. The summed E-state index contributed by atoms with van der Waals surface area (Å²) in [5.74, 6) is -0.167. The van der Waals surface area contributed by atoms with Crippen LogP contribution in [0.4, 0.5) is 0 Å². The summed E-state index contributed by atoms with van der Waals surface area (Å²) in [5.41, 5.74) is 1.85. The van der Waals surface area contributed by atoms with E-state index in [1.165, 1.54) is 11.8 Å². The zero-order chi connectivity index (χ0) is 16.1. The van der Waals surface area contributed by atoms with E-state index in [9.17, 15) is 4.79 Å². The molecule has 23 heavy (non-hydrogen) atoms. The van der Waals surface area contributed by atoms with Crippen LogP contribution >= 0.6 is 23.4 Å². The molecule has 0 aliphatic carbocycles. The van der Waals surface area contributed by atoms with E-state index in [0.29, 0.717) is 15.1 Å². The van der Waals surface area contributed by atoms with Crippen LogP contribution in [0.15, 0.2) is 69.7 Å². The van der Waals surface area contributed by atoms with Gasteiger partial charge in [0.2, 0.25) is 0 Å². The number of carbonyl (C=O) groups is 1.